The summed E-state index contributed by atoms with van der Waals surface area (Å²) in [5, 5.41) is 49.0. The quantitative estimate of drug-likeness (QED) is 0.0116. The number of unbranched alkanes of at least 4 members (excludes halogenated alkanes) is 1. The summed E-state index contributed by atoms with van der Waals surface area (Å²) in [4.78, 5) is 163. The number of rotatable bonds is 30. The summed E-state index contributed by atoms with van der Waals surface area (Å²) >= 11 is 0. The molecular weight excluding hydrogens is 1330 g/mol. The van der Waals surface area contributed by atoms with Gasteiger partial charge in [-0.3, -0.25) is 43.2 Å². The van der Waals surface area contributed by atoms with Crippen molar-refractivity contribution in [2.24, 2.45) is 22.5 Å². The molecule has 14 atom stereocenters. The molecule has 10 N–H and O–H groups in total. The van der Waals surface area contributed by atoms with Gasteiger partial charge in [0.15, 0.2) is 23.6 Å². The van der Waals surface area contributed by atoms with Crippen LogP contribution in [0.3, 0.4) is 0 Å². The Morgan fingerprint density at radius 1 is 0.765 bits per heavy atom. The molecule has 1 heterocycles. The smallest absolute Gasteiger partial charge is 0.338 e. The summed E-state index contributed by atoms with van der Waals surface area (Å²) < 4.78 is 64.7. The minimum atomic E-state index is -2.53. The summed E-state index contributed by atoms with van der Waals surface area (Å²) in [5.41, 5.74) is -2.51. The Balaban J connectivity index is 0.984. The molecule has 546 valence electrons. The zero-order chi connectivity index (χ0) is 74.6. The number of carboxylic acid groups (broad SMARTS) is 1. The molecule has 3 aliphatic carbocycles. The number of aliphatic carboxylic acids is 1. The number of carbonyl (C=O) groups excluding carboxylic acids is 11. The van der Waals surface area contributed by atoms with E-state index in [1.807, 2.05) is 0 Å². The summed E-state index contributed by atoms with van der Waals surface area (Å²) in [6, 6.07) is 20.9. The number of aliphatic hydroxyl groups is 2. The molecule has 3 fully saturated rings. The van der Waals surface area contributed by atoms with Gasteiger partial charge in [-0.25, -0.2) is 23.2 Å². The number of benzene rings is 4. The van der Waals surface area contributed by atoms with Crippen LogP contribution < -0.4 is 32.3 Å². The number of nitrogens with one attached hydrogen (secondary N) is 5. The molecule has 0 radical (unpaired) electrons. The van der Waals surface area contributed by atoms with Crippen molar-refractivity contribution in [3.05, 3.63) is 160 Å². The van der Waals surface area contributed by atoms with E-state index in [9.17, 15) is 72.0 Å². The molecule has 0 aromatic heterocycles. The van der Waals surface area contributed by atoms with Crippen LogP contribution in [0.15, 0.2) is 126 Å². The van der Waals surface area contributed by atoms with E-state index in [0.29, 0.717) is 11.6 Å². The first-order valence-corrected chi connectivity index (χ1v) is 33.2. The van der Waals surface area contributed by atoms with Gasteiger partial charge < -0.3 is 76.1 Å². The fourth-order valence-corrected chi connectivity index (χ4v) is 13.9. The van der Waals surface area contributed by atoms with E-state index < -0.39 is 204 Å². The van der Waals surface area contributed by atoms with Gasteiger partial charge in [0.05, 0.1) is 42.3 Å². The van der Waals surface area contributed by atoms with E-state index in [0.717, 1.165) is 38.1 Å². The van der Waals surface area contributed by atoms with E-state index in [1.165, 1.54) is 58.9 Å². The number of ketones is 1. The van der Waals surface area contributed by atoms with Crippen molar-refractivity contribution in [2.45, 2.75) is 172 Å². The number of aliphatic hydroxyl groups excluding tert-OH is 1. The van der Waals surface area contributed by atoms with Crippen molar-refractivity contribution in [2.75, 3.05) is 19.8 Å². The predicted molar refractivity (Wildman–Crippen MR) is 356 cm³/mol. The van der Waals surface area contributed by atoms with E-state index in [1.54, 1.807) is 66.7 Å². The SMILES string of the molecule is CC(=O)O[C@H]1C(=O)[C@@]2(C)[C@H]([C@H](OC(=O)c3ccccc3)[C@]3(O)C[C@H](OC(=O)[C@H](OCCC(=O)NCCCC[C@H](NC(=O)CC[C@@H](NC(=O)[C@H](C)NC(=O)/C=C/c4ccc(F)cc4F)C(N)=O)C(=O)O)[C@@H](NC(=O)c4ccccc4)c4ccccc4)C(C)=C1C3(C)C)[C@]1(OC(C)=O)CO[C@@H]1C[C@@H]2O. The zero-order valence-corrected chi connectivity index (χ0v) is 57.2. The third kappa shape index (κ3) is 17.4. The fraction of sp³-hybridized carbons (Fsp3) is 0.452. The van der Waals surface area contributed by atoms with Gasteiger partial charge in [0.2, 0.25) is 29.5 Å². The Bertz CT molecular complexity index is 3900. The number of carboxylic acids is 1. The van der Waals surface area contributed by atoms with E-state index in [2.05, 4.69) is 26.6 Å². The number of Topliss-reactive ketones (excluding diaryl/α,β-unsaturated/α-hetero) is 1. The number of hydrogen-bond donors (Lipinski definition) is 9. The minimum absolute atomic E-state index is 0.000196. The third-order valence-electron chi connectivity index (χ3n) is 19.4. The Morgan fingerprint density at radius 3 is 2.01 bits per heavy atom. The van der Waals surface area contributed by atoms with E-state index in [-0.39, 0.29) is 66.5 Å². The average molecular weight is 1420 g/mol. The summed E-state index contributed by atoms with van der Waals surface area (Å²) in [7, 11) is 0. The Labute approximate surface area is 586 Å². The lowest BCUT2D eigenvalue weighted by molar-refractivity contribution is -0.346. The second-order valence-corrected chi connectivity index (χ2v) is 26.5. The first-order chi connectivity index (χ1) is 48.2. The van der Waals surface area contributed by atoms with Crippen LogP contribution in [0.5, 0.6) is 0 Å². The van der Waals surface area contributed by atoms with Crippen molar-refractivity contribution in [1.82, 2.24) is 26.6 Å². The van der Waals surface area contributed by atoms with Crippen LogP contribution in [0, 0.1) is 28.4 Å². The largest absolute Gasteiger partial charge is 0.480 e. The van der Waals surface area contributed by atoms with Crippen LogP contribution in [0.4, 0.5) is 8.78 Å². The molecule has 6 amide bonds. The second-order valence-electron chi connectivity index (χ2n) is 26.5. The minimum Gasteiger partial charge on any atom is -0.480 e. The second kappa shape index (κ2) is 33.1. The van der Waals surface area contributed by atoms with Gasteiger partial charge >= 0.3 is 29.8 Å². The standard InChI is InChI=1S/C73H84F2N6O21/c1-39-51(37-73(96)63(101-68(94)46-23-15-10-16-24-46)61-71(7,52(84)36-53-72(61,38-98-53)102-42(4)83)62(88)59(99-41(3)82)57(39)70(73,5)6)100-69(95)60(58(44-19-11-8-12-20-44)81-66(91)45-21-13-9-14-22-45)97-34-32-54(85)77-33-18-17-25-50(67(92)93)79-56(87)31-29-49(64(76)89)80-65(90)40(2)78-55(86)30-27-43-26-28-47(74)35-48(43)75/h8-16,19-24,26-28,30,35,40,49-53,58-61,63,84,96H,17-18,25,29,31-34,36-38H2,1-7H3,(H2,76,89)(H,77,85)(H,78,86)(H,79,87)(H,80,90)(H,81,91)(H,92,93)/b30-27+/t40-,49+,50-,51-,52-,53+,58-,59+,60+,61-,63-,71+,72-,73+/m0/s1. The molecule has 4 aliphatic rings. The normalized spacial score (nSPS) is 24.7. The van der Waals surface area contributed by atoms with Crippen LogP contribution >= 0.6 is 0 Å². The highest BCUT2D eigenvalue weighted by Crippen LogP contribution is 2.64. The van der Waals surface area contributed by atoms with Crippen LogP contribution in [0.2, 0.25) is 0 Å². The molecule has 4 aromatic rings. The van der Waals surface area contributed by atoms with Crippen molar-refractivity contribution in [3.63, 3.8) is 0 Å². The van der Waals surface area contributed by atoms with Gasteiger partial charge in [0, 0.05) is 74.8 Å². The molecule has 1 aliphatic heterocycles. The molecule has 29 heteroatoms. The van der Waals surface area contributed by atoms with Crippen molar-refractivity contribution in [3.8, 4) is 0 Å². The van der Waals surface area contributed by atoms with E-state index >= 15 is 9.59 Å². The van der Waals surface area contributed by atoms with Gasteiger partial charge in [-0.15, -0.1) is 0 Å². The highest BCUT2D eigenvalue weighted by molar-refractivity contribution is 5.98. The topological polar surface area (TPSA) is 407 Å². The summed E-state index contributed by atoms with van der Waals surface area (Å²) in [6.07, 6.45) is -10.2. The summed E-state index contributed by atoms with van der Waals surface area (Å²) in [5.74, 6) is -14.7. The first kappa shape index (κ1) is 77.6. The molecule has 102 heavy (non-hydrogen) atoms. The van der Waals surface area contributed by atoms with Gasteiger partial charge in [0.1, 0.15) is 53.7 Å². The highest BCUT2D eigenvalue weighted by Gasteiger charge is 2.78. The number of nitrogens with two attached hydrogens (primary N) is 1. The number of amides is 6. The number of carbonyl (C=O) groups is 12. The first-order valence-electron chi connectivity index (χ1n) is 33.2. The number of hydrogen-bond acceptors (Lipinski definition) is 20. The van der Waals surface area contributed by atoms with E-state index in [4.69, 9.17) is 34.2 Å². The number of halogens is 2. The number of primary amides is 1. The molecule has 1 saturated heterocycles. The van der Waals surface area contributed by atoms with Crippen molar-refractivity contribution in [1.29, 1.82) is 0 Å². The van der Waals surface area contributed by atoms with Gasteiger partial charge in [-0.05, 0) is 106 Å². The highest BCUT2D eigenvalue weighted by atomic mass is 19.1. The van der Waals surface area contributed by atoms with Crippen LogP contribution in [0.1, 0.15) is 138 Å². The molecule has 4 aromatic carbocycles. The van der Waals surface area contributed by atoms with Crippen molar-refractivity contribution < 1.29 is 110 Å². The summed E-state index contributed by atoms with van der Waals surface area (Å²) in [6.45, 7) is 8.38. The fourth-order valence-electron chi connectivity index (χ4n) is 13.9. The predicted octanol–water partition coefficient (Wildman–Crippen LogP) is 4.25. The Hall–Kier alpha value is -10.1. The van der Waals surface area contributed by atoms with Crippen LogP contribution in [0.25, 0.3) is 6.08 Å². The van der Waals surface area contributed by atoms with Gasteiger partial charge in [-0.2, -0.15) is 0 Å². The lowest BCUT2D eigenvalue weighted by atomic mass is 9.44. The molecule has 0 unspecified atom stereocenters. The van der Waals surface area contributed by atoms with Crippen molar-refractivity contribution >= 4 is 77.1 Å². The van der Waals surface area contributed by atoms with Crippen LogP contribution in [-0.2, 0) is 76.4 Å². The monoisotopic (exact) mass is 1420 g/mol. The number of ether oxygens (including phenoxy) is 6. The molecular formula is C73H84F2N6O21. The molecule has 2 bridgehead atoms. The molecule has 8 rings (SSSR count). The number of fused-ring (bicyclic) bond motifs is 5. The maximum absolute atomic E-state index is 15.9. The Kier molecular flexibility index (Phi) is 25.2. The van der Waals surface area contributed by atoms with Crippen LogP contribution in [-0.4, -0.2) is 172 Å². The third-order valence-corrected chi connectivity index (χ3v) is 19.4. The molecule has 0 spiro atoms. The number of esters is 4. The lowest BCUT2D eigenvalue weighted by Crippen LogP contribution is -2.82. The van der Waals surface area contributed by atoms with Gasteiger partial charge in [-0.1, -0.05) is 80.6 Å². The maximum atomic E-state index is 15.9. The average Bonchev–Trinajstić information content (AvgIpc) is 0.669. The van der Waals surface area contributed by atoms with Gasteiger partial charge in [0.25, 0.3) is 5.91 Å². The molecule has 2 saturated carbocycles. The Morgan fingerprint density at radius 2 is 1.41 bits per heavy atom. The maximum Gasteiger partial charge on any atom is 0.338 e. The molecule has 27 nitrogen and oxygen atoms in total. The zero-order valence-electron chi connectivity index (χ0n) is 57.2. The lowest BCUT2D eigenvalue weighted by Gasteiger charge is -2.67.